The zero-order valence-corrected chi connectivity index (χ0v) is 11.5. The Morgan fingerprint density at radius 2 is 2.05 bits per heavy atom. The summed E-state index contributed by atoms with van der Waals surface area (Å²) in [5.74, 6) is -0.440. The highest BCUT2D eigenvalue weighted by Crippen LogP contribution is 2.08. The van der Waals surface area contributed by atoms with E-state index >= 15 is 0 Å². The molecular formula is C15H20FN3O. The Hall–Kier alpha value is -1.75. The van der Waals surface area contributed by atoms with E-state index in [1.165, 1.54) is 31.2 Å². The third kappa shape index (κ3) is 5.09. The van der Waals surface area contributed by atoms with Crippen LogP contribution in [0.15, 0.2) is 29.4 Å². The highest BCUT2D eigenvalue weighted by Gasteiger charge is 2.12. The van der Waals surface area contributed by atoms with Crippen LogP contribution in [0.5, 0.6) is 0 Å². The smallest absolute Gasteiger partial charge is 0.254 e. The second-order valence-electron chi connectivity index (χ2n) is 5.04. The molecule has 0 aliphatic carbocycles. The van der Waals surface area contributed by atoms with Gasteiger partial charge < -0.3 is 0 Å². The molecule has 1 heterocycles. The van der Waals surface area contributed by atoms with E-state index in [-0.39, 0.29) is 11.7 Å². The lowest BCUT2D eigenvalue weighted by molar-refractivity contribution is -0.122. The molecule has 1 aromatic rings. The number of benzene rings is 1. The number of likely N-dealkylation sites (tertiary alicyclic amines) is 1. The molecule has 0 unspecified atom stereocenters. The Labute approximate surface area is 118 Å². The van der Waals surface area contributed by atoms with Crippen LogP contribution in [0.1, 0.15) is 31.2 Å². The van der Waals surface area contributed by atoms with Crippen LogP contribution < -0.4 is 5.43 Å². The first-order valence-electron chi connectivity index (χ1n) is 7.04. The van der Waals surface area contributed by atoms with Gasteiger partial charge in [-0.05, 0) is 43.6 Å². The summed E-state index contributed by atoms with van der Waals surface area (Å²) in [5, 5.41) is 3.85. The summed E-state index contributed by atoms with van der Waals surface area (Å²) < 4.78 is 12.9. The van der Waals surface area contributed by atoms with Crippen molar-refractivity contribution in [2.75, 3.05) is 19.6 Å². The fourth-order valence-electron chi connectivity index (χ4n) is 2.30. The maximum Gasteiger partial charge on any atom is 0.254 e. The largest absolute Gasteiger partial charge is 0.294 e. The highest BCUT2D eigenvalue weighted by molar-refractivity contribution is 5.83. The maximum absolute atomic E-state index is 12.9. The molecule has 4 nitrogen and oxygen atoms in total. The number of hydrogen-bond donors (Lipinski definition) is 1. The number of carbonyl (C=O) groups is 1. The van der Waals surface area contributed by atoms with Crippen LogP contribution in [0.2, 0.25) is 0 Å². The summed E-state index contributed by atoms with van der Waals surface area (Å²) in [6.45, 7) is 2.32. The Morgan fingerprint density at radius 1 is 1.30 bits per heavy atom. The third-order valence-corrected chi connectivity index (χ3v) is 3.32. The number of hydrazone groups is 1. The van der Waals surface area contributed by atoms with Gasteiger partial charge in [-0.2, -0.15) is 5.10 Å². The van der Waals surface area contributed by atoms with Crippen LogP contribution in [-0.2, 0) is 4.79 Å². The zero-order valence-electron chi connectivity index (χ0n) is 11.5. The molecule has 2 rings (SSSR count). The second kappa shape index (κ2) is 7.75. The first-order valence-corrected chi connectivity index (χ1v) is 7.04. The van der Waals surface area contributed by atoms with Gasteiger partial charge in [0.15, 0.2) is 0 Å². The van der Waals surface area contributed by atoms with E-state index in [1.807, 2.05) is 0 Å². The van der Waals surface area contributed by atoms with Crippen LogP contribution in [-0.4, -0.2) is 36.7 Å². The van der Waals surface area contributed by atoms with Crippen molar-refractivity contribution in [1.29, 1.82) is 0 Å². The molecule has 1 N–H and O–H groups in total. The summed E-state index contributed by atoms with van der Waals surface area (Å²) in [6, 6.07) is 6.07. The molecule has 1 aliphatic rings. The zero-order chi connectivity index (χ0) is 14.2. The first kappa shape index (κ1) is 14.7. The van der Waals surface area contributed by atoms with Gasteiger partial charge in [-0.25, -0.2) is 9.82 Å². The topological polar surface area (TPSA) is 44.7 Å². The van der Waals surface area contributed by atoms with E-state index in [0.717, 1.165) is 25.9 Å². The lowest BCUT2D eigenvalue weighted by Crippen LogP contribution is -2.35. The standard InChI is InChI=1S/C15H20FN3O/c16-14-7-5-6-13(10-14)11-17-18-15(20)12-19-8-3-1-2-4-9-19/h5-7,10-11H,1-4,8-9,12H2,(H,18,20). The van der Waals surface area contributed by atoms with Gasteiger partial charge in [-0.1, -0.05) is 25.0 Å². The maximum atomic E-state index is 12.9. The SMILES string of the molecule is O=C(CN1CCCCCC1)NN=Cc1cccc(F)c1. The van der Waals surface area contributed by atoms with Gasteiger partial charge in [-0.3, -0.25) is 9.69 Å². The molecular weight excluding hydrogens is 257 g/mol. The molecule has 1 saturated heterocycles. The number of nitrogens with zero attached hydrogens (tertiary/aromatic N) is 2. The van der Waals surface area contributed by atoms with Crippen molar-refractivity contribution in [3.05, 3.63) is 35.6 Å². The molecule has 5 heteroatoms. The quantitative estimate of drug-likeness (QED) is 0.677. The number of hydrogen-bond acceptors (Lipinski definition) is 3. The molecule has 1 amide bonds. The van der Waals surface area contributed by atoms with Crippen molar-refractivity contribution in [2.24, 2.45) is 5.10 Å². The molecule has 1 aromatic carbocycles. The van der Waals surface area contributed by atoms with Crippen LogP contribution in [0, 0.1) is 5.82 Å². The van der Waals surface area contributed by atoms with E-state index < -0.39 is 0 Å². The number of carbonyl (C=O) groups excluding carboxylic acids is 1. The van der Waals surface area contributed by atoms with Crippen molar-refractivity contribution in [2.45, 2.75) is 25.7 Å². The summed E-state index contributed by atoms with van der Waals surface area (Å²) in [5.41, 5.74) is 3.11. The number of halogens is 1. The van der Waals surface area contributed by atoms with Crippen molar-refractivity contribution >= 4 is 12.1 Å². The molecule has 1 fully saturated rings. The normalized spacial score (nSPS) is 17.1. The van der Waals surface area contributed by atoms with Gasteiger partial charge in [0.25, 0.3) is 5.91 Å². The molecule has 108 valence electrons. The highest BCUT2D eigenvalue weighted by atomic mass is 19.1. The molecule has 0 atom stereocenters. The van der Waals surface area contributed by atoms with Gasteiger partial charge >= 0.3 is 0 Å². The van der Waals surface area contributed by atoms with Crippen LogP contribution in [0.3, 0.4) is 0 Å². The average molecular weight is 277 g/mol. The van der Waals surface area contributed by atoms with E-state index in [2.05, 4.69) is 15.4 Å². The Balaban J connectivity index is 1.76. The number of rotatable bonds is 4. The minimum absolute atomic E-state index is 0.125. The van der Waals surface area contributed by atoms with Crippen molar-refractivity contribution in [3.8, 4) is 0 Å². The molecule has 1 aliphatic heterocycles. The van der Waals surface area contributed by atoms with Gasteiger partial charge in [0.2, 0.25) is 0 Å². The van der Waals surface area contributed by atoms with Gasteiger partial charge in [0, 0.05) is 0 Å². The average Bonchev–Trinajstić information content (AvgIpc) is 2.67. The van der Waals surface area contributed by atoms with Gasteiger partial charge in [0.1, 0.15) is 5.82 Å². The monoisotopic (exact) mass is 277 g/mol. The van der Waals surface area contributed by atoms with E-state index in [0.29, 0.717) is 12.1 Å². The minimum Gasteiger partial charge on any atom is -0.294 e. The number of amides is 1. The molecule has 0 radical (unpaired) electrons. The third-order valence-electron chi connectivity index (χ3n) is 3.32. The predicted octanol–water partition coefficient (Wildman–Crippen LogP) is 2.15. The van der Waals surface area contributed by atoms with E-state index in [4.69, 9.17) is 0 Å². The Morgan fingerprint density at radius 3 is 2.75 bits per heavy atom. The predicted molar refractivity (Wildman–Crippen MR) is 77.0 cm³/mol. The molecule has 0 aromatic heterocycles. The van der Waals surface area contributed by atoms with Crippen LogP contribution in [0.25, 0.3) is 0 Å². The first-order chi connectivity index (χ1) is 9.74. The second-order valence-corrected chi connectivity index (χ2v) is 5.04. The molecule has 0 spiro atoms. The van der Waals surface area contributed by atoms with Crippen LogP contribution >= 0.6 is 0 Å². The minimum atomic E-state index is -0.315. The Bertz CT molecular complexity index is 468. The van der Waals surface area contributed by atoms with Crippen molar-refractivity contribution in [1.82, 2.24) is 10.3 Å². The molecule has 20 heavy (non-hydrogen) atoms. The van der Waals surface area contributed by atoms with Crippen molar-refractivity contribution < 1.29 is 9.18 Å². The summed E-state index contributed by atoms with van der Waals surface area (Å²) >= 11 is 0. The lowest BCUT2D eigenvalue weighted by atomic mass is 10.2. The number of nitrogens with one attached hydrogen (secondary N) is 1. The summed E-state index contributed by atoms with van der Waals surface area (Å²) in [4.78, 5) is 13.9. The van der Waals surface area contributed by atoms with Crippen LogP contribution in [0.4, 0.5) is 4.39 Å². The molecule has 0 bridgehead atoms. The van der Waals surface area contributed by atoms with E-state index in [9.17, 15) is 9.18 Å². The summed E-state index contributed by atoms with van der Waals surface area (Å²) in [7, 11) is 0. The Kier molecular flexibility index (Phi) is 5.68. The molecule has 0 saturated carbocycles. The van der Waals surface area contributed by atoms with Gasteiger partial charge in [-0.15, -0.1) is 0 Å². The summed E-state index contributed by atoms with van der Waals surface area (Å²) in [6.07, 6.45) is 6.24. The van der Waals surface area contributed by atoms with Gasteiger partial charge in [0.05, 0.1) is 12.8 Å². The lowest BCUT2D eigenvalue weighted by Gasteiger charge is -2.17. The van der Waals surface area contributed by atoms with E-state index in [1.54, 1.807) is 12.1 Å². The van der Waals surface area contributed by atoms with Crippen molar-refractivity contribution in [3.63, 3.8) is 0 Å². The fraction of sp³-hybridized carbons (Fsp3) is 0.467. The fourth-order valence-corrected chi connectivity index (χ4v) is 2.30.